The number of hydrogen-bond donors (Lipinski definition) is 0. The van der Waals surface area contributed by atoms with Crippen LogP contribution in [0.1, 0.15) is 25.2 Å². The molecule has 0 atom stereocenters. The molecule has 0 radical (unpaired) electrons. The zero-order valence-electron chi connectivity index (χ0n) is 10.00. The number of carbonyl (C=O) groups excluding carboxylic acids is 1. The summed E-state index contributed by atoms with van der Waals surface area (Å²) in [6.07, 6.45) is 0.599. The highest BCUT2D eigenvalue weighted by atomic mass is 16.5. The lowest BCUT2D eigenvalue weighted by Gasteiger charge is -2.19. The van der Waals surface area contributed by atoms with E-state index in [4.69, 9.17) is 4.74 Å². The SMILES string of the molecule is COC(=O)C(C)(C)Cc1cc(C)n(C)n1. The van der Waals surface area contributed by atoms with Crippen LogP contribution in [0.5, 0.6) is 0 Å². The Morgan fingerprint density at radius 2 is 2.20 bits per heavy atom. The first-order valence-electron chi connectivity index (χ1n) is 4.95. The topological polar surface area (TPSA) is 44.1 Å². The predicted molar refractivity (Wildman–Crippen MR) is 57.4 cm³/mol. The first kappa shape index (κ1) is 11.8. The Morgan fingerprint density at radius 3 is 2.60 bits per heavy atom. The van der Waals surface area contributed by atoms with Crippen molar-refractivity contribution in [3.8, 4) is 0 Å². The van der Waals surface area contributed by atoms with E-state index in [2.05, 4.69) is 5.10 Å². The van der Waals surface area contributed by atoms with E-state index in [9.17, 15) is 4.79 Å². The molecule has 15 heavy (non-hydrogen) atoms. The van der Waals surface area contributed by atoms with Gasteiger partial charge >= 0.3 is 5.97 Å². The van der Waals surface area contributed by atoms with Crippen LogP contribution >= 0.6 is 0 Å². The van der Waals surface area contributed by atoms with Gasteiger partial charge in [0.1, 0.15) is 0 Å². The normalized spacial score (nSPS) is 11.5. The maximum absolute atomic E-state index is 11.5. The van der Waals surface area contributed by atoms with Crippen molar-refractivity contribution < 1.29 is 9.53 Å². The van der Waals surface area contributed by atoms with E-state index in [1.54, 1.807) is 0 Å². The maximum Gasteiger partial charge on any atom is 0.311 e. The first-order valence-corrected chi connectivity index (χ1v) is 4.95. The van der Waals surface area contributed by atoms with Crippen LogP contribution in [0.3, 0.4) is 0 Å². The van der Waals surface area contributed by atoms with E-state index < -0.39 is 5.41 Å². The number of nitrogens with zero attached hydrogens (tertiary/aromatic N) is 2. The lowest BCUT2D eigenvalue weighted by atomic mass is 9.88. The second-order valence-electron chi connectivity index (χ2n) is 4.45. The molecule has 1 aromatic heterocycles. The van der Waals surface area contributed by atoms with Gasteiger partial charge < -0.3 is 4.74 Å². The molecule has 0 bridgehead atoms. The minimum atomic E-state index is -0.518. The Balaban J connectivity index is 2.81. The molecule has 0 saturated heterocycles. The molecule has 0 aliphatic carbocycles. The van der Waals surface area contributed by atoms with Gasteiger partial charge in [0.25, 0.3) is 0 Å². The number of aryl methyl sites for hydroxylation is 2. The molecular weight excluding hydrogens is 192 g/mol. The van der Waals surface area contributed by atoms with Crippen molar-refractivity contribution >= 4 is 5.97 Å². The molecule has 0 aliphatic rings. The van der Waals surface area contributed by atoms with Gasteiger partial charge in [-0.1, -0.05) is 0 Å². The fraction of sp³-hybridized carbons (Fsp3) is 0.636. The fourth-order valence-corrected chi connectivity index (χ4v) is 1.52. The molecule has 0 unspecified atom stereocenters. The monoisotopic (exact) mass is 210 g/mol. The van der Waals surface area contributed by atoms with Gasteiger partial charge in [-0.15, -0.1) is 0 Å². The molecule has 0 amide bonds. The summed E-state index contributed by atoms with van der Waals surface area (Å²) in [5.74, 6) is -0.203. The van der Waals surface area contributed by atoms with Gasteiger partial charge in [0.15, 0.2) is 0 Å². The zero-order valence-corrected chi connectivity index (χ0v) is 10.00. The van der Waals surface area contributed by atoms with Gasteiger partial charge in [-0.25, -0.2) is 0 Å². The van der Waals surface area contributed by atoms with Gasteiger partial charge in [-0.2, -0.15) is 5.10 Å². The molecule has 0 saturated carbocycles. The molecule has 0 spiro atoms. The molecule has 0 aliphatic heterocycles. The molecule has 1 rings (SSSR count). The minimum absolute atomic E-state index is 0.203. The summed E-state index contributed by atoms with van der Waals surface area (Å²) in [6.45, 7) is 5.72. The highest BCUT2D eigenvalue weighted by Crippen LogP contribution is 2.22. The molecule has 4 nitrogen and oxygen atoms in total. The van der Waals surface area contributed by atoms with Crippen LogP contribution in [0, 0.1) is 12.3 Å². The van der Waals surface area contributed by atoms with E-state index in [-0.39, 0.29) is 5.97 Å². The molecule has 0 fully saturated rings. The Morgan fingerprint density at radius 1 is 1.60 bits per heavy atom. The fourth-order valence-electron chi connectivity index (χ4n) is 1.52. The van der Waals surface area contributed by atoms with Crippen LogP contribution in [-0.4, -0.2) is 22.9 Å². The average molecular weight is 210 g/mol. The smallest absolute Gasteiger partial charge is 0.311 e. The summed E-state index contributed by atoms with van der Waals surface area (Å²) >= 11 is 0. The Labute approximate surface area is 90.2 Å². The largest absolute Gasteiger partial charge is 0.469 e. The highest BCUT2D eigenvalue weighted by molar-refractivity contribution is 5.76. The van der Waals surface area contributed by atoms with Crippen molar-refractivity contribution in [2.75, 3.05) is 7.11 Å². The van der Waals surface area contributed by atoms with Crippen molar-refractivity contribution in [1.82, 2.24) is 9.78 Å². The van der Waals surface area contributed by atoms with Crippen LogP contribution in [0.15, 0.2) is 6.07 Å². The van der Waals surface area contributed by atoms with Gasteiger partial charge in [0.05, 0.1) is 18.2 Å². The van der Waals surface area contributed by atoms with Crippen LogP contribution < -0.4 is 0 Å². The average Bonchev–Trinajstić information content (AvgIpc) is 2.43. The van der Waals surface area contributed by atoms with Gasteiger partial charge in [0.2, 0.25) is 0 Å². The van der Waals surface area contributed by atoms with Crippen LogP contribution in [-0.2, 0) is 23.0 Å². The van der Waals surface area contributed by atoms with Crippen molar-refractivity contribution in [2.24, 2.45) is 12.5 Å². The Kier molecular flexibility index (Phi) is 3.17. The third-order valence-corrected chi connectivity index (χ3v) is 2.53. The first-order chi connectivity index (χ1) is 6.86. The number of aromatic nitrogens is 2. The van der Waals surface area contributed by atoms with E-state index in [0.29, 0.717) is 6.42 Å². The summed E-state index contributed by atoms with van der Waals surface area (Å²) in [5, 5.41) is 4.32. The quantitative estimate of drug-likeness (QED) is 0.710. The lowest BCUT2D eigenvalue weighted by Crippen LogP contribution is -2.28. The van der Waals surface area contributed by atoms with Gasteiger partial charge in [-0.3, -0.25) is 9.48 Å². The minimum Gasteiger partial charge on any atom is -0.469 e. The summed E-state index contributed by atoms with van der Waals surface area (Å²) in [7, 11) is 3.30. The van der Waals surface area contributed by atoms with Crippen LogP contribution in [0.2, 0.25) is 0 Å². The van der Waals surface area contributed by atoms with Crippen LogP contribution in [0.4, 0.5) is 0 Å². The summed E-state index contributed by atoms with van der Waals surface area (Å²) < 4.78 is 6.56. The third-order valence-electron chi connectivity index (χ3n) is 2.53. The molecule has 1 heterocycles. The number of ether oxygens (including phenoxy) is 1. The Bertz CT molecular complexity index is 347. The molecule has 0 N–H and O–H groups in total. The van der Waals surface area contributed by atoms with Crippen molar-refractivity contribution in [3.63, 3.8) is 0 Å². The summed E-state index contributed by atoms with van der Waals surface area (Å²) in [5.41, 5.74) is 1.49. The third kappa shape index (κ3) is 2.58. The van der Waals surface area contributed by atoms with Crippen molar-refractivity contribution in [2.45, 2.75) is 27.2 Å². The van der Waals surface area contributed by atoms with Crippen molar-refractivity contribution in [3.05, 3.63) is 17.5 Å². The molecular formula is C11H18N2O2. The van der Waals surface area contributed by atoms with Crippen molar-refractivity contribution in [1.29, 1.82) is 0 Å². The van der Waals surface area contributed by atoms with E-state index in [1.165, 1.54) is 7.11 Å². The maximum atomic E-state index is 11.5. The van der Waals surface area contributed by atoms with E-state index >= 15 is 0 Å². The highest BCUT2D eigenvalue weighted by Gasteiger charge is 2.29. The molecule has 4 heteroatoms. The van der Waals surface area contributed by atoms with E-state index in [1.807, 2.05) is 38.6 Å². The molecule has 1 aromatic rings. The zero-order chi connectivity index (χ0) is 11.6. The second kappa shape index (κ2) is 4.04. The molecule has 0 aromatic carbocycles. The van der Waals surface area contributed by atoms with Gasteiger partial charge in [0, 0.05) is 19.2 Å². The Hall–Kier alpha value is -1.32. The summed E-state index contributed by atoms with van der Waals surface area (Å²) in [6, 6.07) is 1.99. The number of esters is 1. The number of rotatable bonds is 3. The van der Waals surface area contributed by atoms with Crippen LogP contribution in [0.25, 0.3) is 0 Å². The van der Waals surface area contributed by atoms with Gasteiger partial charge in [-0.05, 0) is 26.8 Å². The predicted octanol–water partition coefficient (Wildman–Crippen LogP) is 1.47. The second-order valence-corrected chi connectivity index (χ2v) is 4.45. The van der Waals surface area contributed by atoms with E-state index in [0.717, 1.165) is 11.4 Å². The number of hydrogen-bond acceptors (Lipinski definition) is 3. The lowest BCUT2D eigenvalue weighted by molar-refractivity contribution is -0.150. The number of carbonyl (C=O) groups is 1. The standard InChI is InChI=1S/C11H18N2O2/c1-8-6-9(12-13(8)4)7-11(2,3)10(14)15-5/h6H,7H2,1-5H3. The summed E-state index contributed by atoms with van der Waals surface area (Å²) in [4.78, 5) is 11.5. The molecule has 84 valence electrons. The number of methoxy groups -OCH3 is 1.